The summed E-state index contributed by atoms with van der Waals surface area (Å²) in [5.74, 6) is 0.390. The summed E-state index contributed by atoms with van der Waals surface area (Å²) in [4.78, 5) is 23.9. The van der Waals surface area contributed by atoms with Crippen molar-refractivity contribution in [3.63, 3.8) is 0 Å². The molecule has 0 N–H and O–H groups in total. The van der Waals surface area contributed by atoms with Crippen molar-refractivity contribution in [3.8, 4) is 10.6 Å². The zero-order valence-electron chi connectivity index (χ0n) is 13.2. The second kappa shape index (κ2) is 6.29. The second-order valence-corrected chi connectivity index (χ2v) is 6.58. The summed E-state index contributed by atoms with van der Waals surface area (Å²) < 4.78 is 2.78. The normalized spacial score (nSPS) is 11.1. The molecule has 0 radical (unpaired) electrons. The van der Waals surface area contributed by atoms with Crippen molar-refractivity contribution in [1.82, 2.24) is 19.4 Å². The topological polar surface area (TPSA) is 51.0 Å². The van der Waals surface area contributed by atoms with E-state index in [1.54, 1.807) is 34.7 Å². The molecule has 0 aliphatic rings. The van der Waals surface area contributed by atoms with Crippen LogP contribution in [0.25, 0.3) is 20.8 Å². The van der Waals surface area contributed by atoms with Gasteiger partial charge in [0.1, 0.15) is 0 Å². The molecular weight excluding hydrogens is 332 g/mol. The standard InChI is InChI=1S/C16H17ClN4OS/c1-4-21(5-2)16(22)15-19-9-12(20(15)3)13-8-11-14(23-13)10(17)6-7-18-11/h6-9H,4-5H2,1-3H3. The number of hydrogen-bond acceptors (Lipinski definition) is 4. The SMILES string of the molecule is CCN(CC)C(=O)c1ncc(-c2cc3nccc(Cl)c3s2)n1C. The molecule has 120 valence electrons. The summed E-state index contributed by atoms with van der Waals surface area (Å²) in [6.07, 6.45) is 3.43. The molecule has 0 aliphatic carbocycles. The summed E-state index contributed by atoms with van der Waals surface area (Å²) in [5, 5.41) is 0.688. The number of imidazole rings is 1. The maximum Gasteiger partial charge on any atom is 0.289 e. The van der Waals surface area contributed by atoms with Crippen molar-refractivity contribution in [2.45, 2.75) is 13.8 Å². The molecule has 0 aliphatic heterocycles. The van der Waals surface area contributed by atoms with Crippen molar-refractivity contribution in [3.05, 3.63) is 35.4 Å². The molecule has 1 amide bonds. The van der Waals surface area contributed by atoms with Gasteiger partial charge in [-0.3, -0.25) is 9.78 Å². The van der Waals surface area contributed by atoms with Gasteiger partial charge in [0.2, 0.25) is 0 Å². The van der Waals surface area contributed by atoms with Crippen molar-refractivity contribution >= 4 is 39.1 Å². The summed E-state index contributed by atoms with van der Waals surface area (Å²) in [6, 6.07) is 3.76. The van der Waals surface area contributed by atoms with Gasteiger partial charge in [-0.05, 0) is 26.0 Å². The third-order valence-corrected chi connectivity index (χ3v) is 5.45. The number of carbonyl (C=O) groups excluding carboxylic acids is 1. The molecule has 5 nitrogen and oxygen atoms in total. The van der Waals surface area contributed by atoms with Crippen molar-refractivity contribution in [2.24, 2.45) is 7.05 Å². The molecule has 7 heteroatoms. The Kier molecular flexibility index (Phi) is 4.37. The van der Waals surface area contributed by atoms with Gasteiger partial charge in [-0.1, -0.05) is 11.6 Å². The number of carbonyl (C=O) groups is 1. The van der Waals surface area contributed by atoms with E-state index in [1.807, 2.05) is 31.5 Å². The van der Waals surface area contributed by atoms with Crippen molar-refractivity contribution in [2.75, 3.05) is 13.1 Å². The molecule has 0 bridgehead atoms. The Morgan fingerprint density at radius 2 is 2.09 bits per heavy atom. The van der Waals surface area contributed by atoms with Gasteiger partial charge in [0.15, 0.2) is 5.82 Å². The largest absolute Gasteiger partial charge is 0.337 e. The van der Waals surface area contributed by atoms with Crippen LogP contribution in [0.3, 0.4) is 0 Å². The van der Waals surface area contributed by atoms with Crippen LogP contribution < -0.4 is 0 Å². The van der Waals surface area contributed by atoms with Crippen LogP contribution in [0.2, 0.25) is 5.02 Å². The number of halogens is 1. The fraction of sp³-hybridized carbons (Fsp3) is 0.312. The van der Waals surface area contributed by atoms with Crippen LogP contribution in [0, 0.1) is 0 Å². The molecular formula is C16H17ClN4OS. The number of rotatable bonds is 4. The lowest BCUT2D eigenvalue weighted by molar-refractivity contribution is 0.0757. The molecule has 0 atom stereocenters. The lowest BCUT2D eigenvalue weighted by Gasteiger charge is -2.18. The monoisotopic (exact) mass is 348 g/mol. The van der Waals surface area contributed by atoms with Crippen LogP contribution in [0.15, 0.2) is 24.5 Å². The second-order valence-electron chi connectivity index (χ2n) is 5.12. The lowest BCUT2D eigenvalue weighted by Crippen LogP contribution is -2.32. The zero-order chi connectivity index (χ0) is 16.6. The Bertz CT molecular complexity index is 866. The highest BCUT2D eigenvalue weighted by Gasteiger charge is 2.20. The van der Waals surface area contributed by atoms with Gasteiger partial charge in [-0.15, -0.1) is 11.3 Å². The number of nitrogens with zero attached hydrogens (tertiary/aromatic N) is 4. The van der Waals surface area contributed by atoms with E-state index in [9.17, 15) is 4.79 Å². The number of thiophene rings is 1. The van der Waals surface area contributed by atoms with Gasteiger partial charge >= 0.3 is 0 Å². The van der Waals surface area contributed by atoms with Gasteiger partial charge in [0.05, 0.1) is 32.0 Å². The van der Waals surface area contributed by atoms with E-state index < -0.39 is 0 Å². The fourth-order valence-electron chi connectivity index (χ4n) is 2.52. The molecule has 3 aromatic heterocycles. The van der Waals surface area contributed by atoms with E-state index >= 15 is 0 Å². The van der Waals surface area contributed by atoms with Crippen LogP contribution in [0.5, 0.6) is 0 Å². The molecule has 3 heterocycles. The first-order valence-corrected chi connectivity index (χ1v) is 8.61. The highest BCUT2D eigenvalue weighted by molar-refractivity contribution is 7.22. The average molecular weight is 349 g/mol. The number of hydrogen-bond donors (Lipinski definition) is 0. The number of pyridine rings is 1. The minimum atomic E-state index is -0.0546. The Morgan fingerprint density at radius 1 is 1.35 bits per heavy atom. The maximum absolute atomic E-state index is 12.5. The molecule has 23 heavy (non-hydrogen) atoms. The molecule has 3 aromatic rings. The Balaban J connectivity index is 2.04. The van der Waals surface area contributed by atoms with Gasteiger partial charge in [-0.25, -0.2) is 4.98 Å². The molecule has 0 unspecified atom stereocenters. The maximum atomic E-state index is 12.5. The van der Waals surface area contributed by atoms with Crippen LogP contribution in [0.4, 0.5) is 0 Å². The molecule has 0 aromatic carbocycles. The third-order valence-electron chi connectivity index (χ3n) is 3.85. The van der Waals surface area contributed by atoms with Crippen LogP contribution >= 0.6 is 22.9 Å². The van der Waals surface area contributed by atoms with Crippen LogP contribution in [-0.4, -0.2) is 38.4 Å². The molecule has 0 spiro atoms. The highest BCUT2D eigenvalue weighted by Crippen LogP contribution is 2.36. The summed E-state index contributed by atoms with van der Waals surface area (Å²) >= 11 is 7.78. The third kappa shape index (κ3) is 2.72. The molecule has 0 fully saturated rings. The predicted octanol–water partition coefficient (Wildman–Crippen LogP) is 3.83. The summed E-state index contributed by atoms with van der Waals surface area (Å²) in [6.45, 7) is 5.26. The summed E-state index contributed by atoms with van der Waals surface area (Å²) in [7, 11) is 1.86. The zero-order valence-corrected chi connectivity index (χ0v) is 14.8. The minimum absolute atomic E-state index is 0.0546. The van der Waals surface area contributed by atoms with E-state index in [0.29, 0.717) is 23.9 Å². The van der Waals surface area contributed by atoms with E-state index in [4.69, 9.17) is 11.6 Å². The quantitative estimate of drug-likeness (QED) is 0.720. The highest BCUT2D eigenvalue weighted by atomic mass is 35.5. The lowest BCUT2D eigenvalue weighted by atomic mass is 10.3. The van der Waals surface area contributed by atoms with Crippen LogP contribution in [0.1, 0.15) is 24.5 Å². The predicted molar refractivity (Wildman–Crippen MR) is 94.1 cm³/mol. The molecule has 0 saturated carbocycles. The number of aromatic nitrogens is 3. The number of amides is 1. The van der Waals surface area contributed by atoms with Gasteiger partial charge in [-0.2, -0.15) is 0 Å². The molecule has 0 saturated heterocycles. The summed E-state index contributed by atoms with van der Waals surface area (Å²) in [5.41, 5.74) is 1.75. The van der Waals surface area contributed by atoms with Crippen molar-refractivity contribution < 1.29 is 4.79 Å². The Labute approximate surface area is 143 Å². The van der Waals surface area contributed by atoms with Crippen LogP contribution in [-0.2, 0) is 7.05 Å². The van der Waals surface area contributed by atoms with E-state index in [2.05, 4.69) is 9.97 Å². The van der Waals surface area contributed by atoms with E-state index in [0.717, 1.165) is 20.8 Å². The first-order valence-electron chi connectivity index (χ1n) is 7.42. The van der Waals surface area contributed by atoms with E-state index in [-0.39, 0.29) is 5.91 Å². The number of fused-ring (bicyclic) bond motifs is 1. The average Bonchev–Trinajstić information content (AvgIpc) is 3.12. The van der Waals surface area contributed by atoms with E-state index in [1.165, 1.54) is 0 Å². The van der Waals surface area contributed by atoms with Gasteiger partial charge < -0.3 is 9.47 Å². The van der Waals surface area contributed by atoms with Gasteiger partial charge in [0.25, 0.3) is 5.91 Å². The Morgan fingerprint density at radius 3 is 2.74 bits per heavy atom. The van der Waals surface area contributed by atoms with Gasteiger partial charge in [0, 0.05) is 26.3 Å². The Hall–Kier alpha value is -1.92. The first kappa shape index (κ1) is 16.0. The fourth-order valence-corrected chi connectivity index (χ4v) is 3.86. The minimum Gasteiger partial charge on any atom is -0.337 e. The van der Waals surface area contributed by atoms with Crippen molar-refractivity contribution in [1.29, 1.82) is 0 Å². The molecule has 3 rings (SSSR count). The smallest absolute Gasteiger partial charge is 0.289 e. The first-order chi connectivity index (χ1) is 11.1.